The zero-order valence-electron chi connectivity index (χ0n) is 24.2. The van der Waals surface area contributed by atoms with Crippen LogP contribution in [0.25, 0.3) is 0 Å². The van der Waals surface area contributed by atoms with Gasteiger partial charge in [0, 0.05) is 42.1 Å². The summed E-state index contributed by atoms with van der Waals surface area (Å²) in [5.74, 6) is 0.137. The Labute approximate surface area is 246 Å². The van der Waals surface area contributed by atoms with Gasteiger partial charge in [-0.2, -0.15) is 0 Å². The number of nitrogens with zero attached hydrogens (tertiary/aromatic N) is 3. The summed E-state index contributed by atoms with van der Waals surface area (Å²) in [4.78, 5) is 46.3. The summed E-state index contributed by atoms with van der Waals surface area (Å²) in [5, 5.41) is 6.89. The molecule has 2 fully saturated rings. The number of ether oxygens (including phenoxy) is 1. The van der Waals surface area contributed by atoms with Gasteiger partial charge in [0.15, 0.2) is 6.73 Å². The minimum atomic E-state index is -0.261. The number of benzene rings is 2. The molecule has 2 aromatic carbocycles. The van der Waals surface area contributed by atoms with Crippen LogP contribution >= 0.6 is 0 Å². The lowest BCUT2D eigenvalue weighted by Gasteiger charge is -2.41. The van der Waals surface area contributed by atoms with Gasteiger partial charge in [0.05, 0.1) is 23.9 Å². The van der Waals surface area contributed by atoms with Gasteiger partial charge in [0.2, 0.25) is 5.91 Å². The molecular weight excluding hydrogens is 530 g/mol. The number of imidazole rings is 1. The molecule has 220 valence electrons. The Kier molecular flexibility index (Phi) is 8.00. The summed E-state index contributed by atoms with van der Waals surface area (Å²) in [6.07, 6.45) is 7.91. The SMILES string of the molecule is CC(C)C(=O)OCn1ccnc1[C@@H]1Nc2ccccc2[C@H]2[C@@H]1CCN2C(=O)[C@H]1CCCC[C@H]1NC(=O)c1ccccc1. The van der Waals surface area contributed by atoms with Crippen LogP contribution < -0.4 is 10.6 Å². The van der Waals surface area contributed by atoms with E-state index in [2.05, 4.69) is 32.7 Å². The van der Waals surface area contributed by atoms with Crippen molar-refractivity contribution in [2.75, 3.05) is 11.9 Å². The summed E-state index contributed by atoms with van der Waals surface area (Å²) in [6, 6.07) is 16.9. The highest BCUT2D eigenvalue weighted by Crippen LogP contribution is 2.51. The summed E-state index contributed by atoms with van der Waals surface area (Å²) < 4.78 is 7.41. The number of aromatic nitrogens is 2. The maximum absolute atomic E-state index is 14.4. The maximum Gasteiger partial charge on any atom is 0.310 e. The van der Waals surface area contributed by atoms with Gasteiger partial charge in [-0.25, -0.2) is 4.98 Å². The predicted octanol–water partition coefficient (Wildman–Crippen LogP) is 5.09. The second-order valence-electron chi connectivity index (χ2n) is 12.0. The molecule has 1 saturated heterocycles. The fourth-order valence-electron chi connectivity index (χ4n) is 6.89. The number of esters is 1. The molecule has 2 aliphatic heterocycles. The zero-order valence-corrected chi connectivity index (χ0v) is 24.2. The van der Waals surface area contributed by atoms with Crippen LogP contribution in [0.1, 0.15) is 79.8 Å². The molecule has 9 nitrogen and oxygen atoms in total. The first-order valence-corrected chi connectivity index (χ1v) is 15.1. The molecule has 3 heterocycles. The molecule has 0 bridgehead atoms. The Morgan fingerprint density at radius 3 is 2.60 bits per heavy atom. The first-order valence-electron chi connectivity index (χ1n) is 15.1. The van der Waals surface area contributed by atoms with Crippen molar-refractivity contribution in [1.82, 2.24) is 19.8 Å². The van der Waals surface area contributed by atoms with Crippen LogP contribution in [0.15, 0.2) is 67.0 Å². The Bertz CT molecular complexity index is 1440. The van der Waals surface area contributed by atoms with E-state index in [1.54, 1.807) is 18.3 Å². The second-order valence-corrected chi connectivity index (χ2v) is 12.0. The molecule has 5 atom stereocenters. The number of fused-ring (bicyclic) bond motifs is 3. The number of carbonyl (C=O) groups is 3. The van der Waals surface area contributed by atoms with Crippen molar-refractivity contribution in [2.45, 2.75) is 70.8 Å². The average molecular weight is 570 g/mol. The number of anilines is 1. The van der Waals surface area contributed by atoms with Crippen LogP contribution in [0.2, 0.25) is 0 Å². The minimum Gasteiger partial charge on any atom is -0.444 e. The number of carbonyl (C=O) groups excluding carboxylic acids is 3. The molecule has 1 aromatic heterocycles. The van der Waals surface area contributed by atoms with Crippen molar-refractivity contribution in [3.63, 3.8) is 0 Å². The lowest BCUT2D eigenvalue weighted by molar-refractivity contribution is -0.151. The Hall–Kier alpha value is -4.14. The van der Waals surface area contributed by atoms with Gasteiger partial charge in [-0.15, -0.1) is 0 Å². The fraction of sp³-hybridized carbons (Fsp3) is 0.455. The summed E-state index contributed by atoms with van der Waals surface area (Å²) in [5.41, 5.74) is 2.70. The van der Waals surface area contributed by atoms with Crippen molar-refractivity contribution < 1.29 is 19.1 Å². The van der Waals surface area contributed by atoms with E-state index in [-0.39, 0.29) is 60.4 Å². The number of rotatable bonds is 7. The van der Waals surface area contributed by atoms with Gasteiger partial charge in [0.1, 0.15) is 5.82 Å². The van der Waals surface area contributed by atoms with E-state index in [1.165, 1.54) is 0 Å². The van der Waals surface area contributed by atoms with E-state index in [4.69, 9.17) is 4.74 Å². The van der Waals surface area contributed by atoms with E-state index in [0.29, 0.717) is 12.1 Å². The minimum absolute atomic E-state index is 0.0896. The van der Waals surface area contributed by atoms with Crippen molar-refractivity contribution >= 4 is 23.5 Å². The summed E-state index contributed by atoms with van der Waals surface area (Å²) in [6.45, 7) is 4.36. The number of hydrogen-bond donors (Lipinski definition) is 2. The normalized spacial score (nSPS) is 24.8. The van der Waals surface area contributed by atoms with E-state index in [9.17, 15) is 14.4 Å². The summed E-state index contributed by atoms with van der Waals surface area (Å²) >= 11 is 0. The molecular formula is C33H39N5O4. The third-order valence-corrected chi connectivity index (χ3v) is 9.03. The molecule has 1 saturated carbocycles. The molecule has 9 heteroatoms. The van der Waals surface area contributed by atoms with Crippen LogP contribution in [0.4, 0.5) is 5.69 Å². The molecule has 42 heavy (non-hydrogen) atoms. The lowest BCUT2D eigenvalue weighted by atomic mass is 9.80. The van der Waals surface area contributed by atoms with Crippen molar-refractivity contribution in [3.8, 4) is 0 Å². The van der Waals surface area contributed by atoms with E-state index in [0.717, 1.165) is 49.2 Å². The molecule has 1 aliphatic carbocycles. The smallest absolute Gasteiger partial charge is 0.310 e. The third-order valence-electron chi connectivity index (χ3n) is 9.03. The van der Waals surface area contributed by atoms with Gasteiger partial charge in [-0.1, -0.05) is 63.1 Å². The number of para-hydroxylation sites is 1. The molecule has 6 rings (SSSR count). The zero-order chi connectivity index (χ0) is 29.2. The Morgan fingerprint density at radius 1 is 1.02 bits per heavy atom. The fourth-order valence-corrected chi connectivity index (χ4v) is 6.89. The van der Waals surface area contributed by atoms with E-state index >= 15 is 0 Å². The van der Waals surface area contributed by atoms with Crippen molar-refractivity contribution in [1.29, 1.82) is 0 Å². The van der Waals surface area contributed by atoms with E-state index < -0.39 is 0 Å². The van der Waals surface area contributed by atoms with Crippen LogP contribution in [-0.2, 0) is 21.1 Å². The Balaban J connectivity index is 1.25. The van der Waals surface area contributed by atoms with Crippen LogP contribution in [0.5, 0.6) is 0 Å². The van der Waals surface area contributed by atoms with Gasteiger partial charge >= 0.3 is 5.97 Å². The average Bonchev–Trinajstić information content (AvgIpc) is 3.68. The maximum atomic E-state index is 14.4. The van der Waals surface area contributed by atoms with Gasteiger partial charge in [0.25, 0.3) is 5.91 Å². The highest BCUT2D eigenvalue weighted by atomic mass is 16.5. The van der Waals surface area contributed by atoms with Crippen LogP contribution in [0.3, 0.4) is 0 Å². The standard InChI is InChI=1S/C33H39N5O4/c1-21(2)33(41)42-20-37-19-17-34-30(37)28-25-16-18-38(29(25)23-12-6-8-14-26(23)35-28)32(40)24-13-7-9-15-27(24)36-31(39)22-10-4-3-5-11-22/h3-6,8,10-12,14,17,19,21,24-25,27-29,35H,7,9,13,15-16,18,20H2,1-2H3,(H,36,39)/t24-,25+,27+,28+,29-/m0/s1. The second kappa shape index (κ2) is 12.0. The molecule has 0 radical (unpaired) electrons. The monoisotopic (exact) mass is 569 g/mol. The number of amides is 2. The molecule has 3 aromatic rings. The lowest BCUT2D eigenvalue weighted by Crippen LogP contribution is -2.50. The molecule has 0 unspecified atom stereocenters. The van der Waals surface area contributed by atoms with Gasteiger partial charge in [-0.3, -0.25) is 19.0 Å². The highest BCUT2D eigenvalue weighted by Gasteiger charge is 2.49. The molecule has 2 amide bonds. The van der Waals surface area contributed by atoms with Crippen molar-refractivity contribution in [3.05, 3.63) is 83.9 Å². The number of likely N-dealkylation sites (tertiary alicyclic amines) is 1. The van der Waals surface area contributed by atoms with Crippen LogP contribution in [0, 0.1) is 17.8 Å². The van der Waals surface area contributed by atoms with Crippen molar-refractivity contribution in [2.24, 2.45) is 17.8 Å². The summed E-state index contributed by atoms with van der Waals surface area (Å²) in [7, 11) is 0. The highest BCUT2D eigenvalue weighted by molar-refractivity contribution is 5.95. The van der Waals surface area contributed by atoms with E-state index in [1.807, 2.05) is 54.9 Å². The number of nitrogens with one attached hydrogen (secondary N) is 2. The molecule has 2 N–H and O–H groups in total. The first-order chi connectivity index (χ1) is 20.4. The van der Waals surface area contributed by atoms with Crippen LogP contribution in [-0.4, -0.2) is 44.8 Å². The Morgan fingerprint density at radius 2 is 1.79 bits per heavy atom. The largest absolute Gasteiger partial charge is 0.444 e. The predicted molar refractivity (Wildman–Crippen MR) is 158 cm³/mol. The molecule has 3 aliphatic rings. The number of hydrogen-bond acceptors (Lipinski definition) is 6. The first kappa shape index (κ1) is 28.0. The van der Waals surface area contributed by atoms with Gasteiger partial charge < -0.3 is 20.3 Å². The topological polar surface area (TPSA) is 106 Å². The molecule has 0 spiro atoms. The quantitative estimate of drug-likeness (QED) is 0.384. The third kappa shape index (κ3) is 5.40. The van der Waals surface area contributed by atoms with Gasteiger partial charge in [-0.05, 0) is 43.0 Å².